The van der Waals surface area contributed by atoms with E-state index in [1.807, 2.05) is 29.5 Å². The minimum atomic E-state index is -1.93. The Morgan fingerprint density at radius 2 is 1.00 bits per heavy atom. The number of para-hydroxylation sites is 2. The summed E-state index contributed by atoms with van der Waals surface area (Å²) in [6.45, 7) is 4.90. The van der Waals surface area contributed by atoms with Crippen molar-refractivity contribution in [2.75, 3.05) is 0 Å². The Morgan fingerprint density at radius 3 is 1.83 bits per heavy atom. The van der Waals surface area contributed by atoms with E-state index in [9.17, 15) is 0 Å². The van der Waals surface area contributed by atoms with Gasteiger partial charge in [-0.3, -0.25) is 0 Å². The van der Waals surface area contributed by atoms with Crippen LogP contribution in [0.2, 0.25) is 13.1 Å². The van der Waals surface area contributed by atoms with Gasteiger partial charge in [-0.15, -0.1) is 11.3 Å². The zero-order valence-electron chi connectivity index (χ0n) is 32.5. The van der Waals surface area contributed by atoms with Crippen LogP contribution >= 0.6 is 11.3 Å². The summed E-state index contributed by atoms with van der Waals surface area (Å²) in [6.07, 6.45) is 0. The second-order valence-corrected chi connectivity index (χ2v) is 21.3. The van der Waals surface area contributed by atoms with Crippen LogP contribution in [0.4, 0.5) is 0 Å². The average Bonchev–Trinajstić information content (AvgIpc) is 3.92. The zero-order valence-corrected chi connectivity index (χ0v) is 34.3. The Hall–Kier alpha value is -6.99. The molecule has 0 saturated carbocycles. The smallest absolute Gasteiger partial charge is 0.166 e. The van der Waals surface area contributed by atoms with Gasteiger partial charge in [-0.2, -0.15) is 0 Å². The minimum absolute atomic E-state index is 0.644. The van der Waals surface area contributed by atoms with E-state index in [1.54, 1.807) is 0 Å². The third-order valence-corrected chi connectivity index (χ3v) is 17.1. The average molecular weight is 789 g/mol. The first-order chi connectivity index (χ1) is 29.0. The number of hydrogen-bond acceptors (Lipinski definition) is 4. The van der Waals surface area contributed by atoms with Gasteiger partial charge in [-0.05, 0) is 50.8 Å². The van der Waals surface area contributed by atoms with Crippen LogP contribution in [-0.2, 0) is 0 Å². The van der Waals surface area contributed by atoms with E-state index < -0.39 is 8.07 Å². The minimum Gasteiger partial charge on any atom is -0.307 e. The fourth-order valence-electron chi connectivity index (χ4n) is 9.44. The topological polar surface area (TPSA) is 43.6 Å². The van der Waals surface area contributed by atoms with Gasteiger partial charge >= 0.3 is 0 Å². The van der Waals surface area contributed by atoms with Crippen molar-refractivity contribution in [3.05, 3.63) is 182 Å². The molecule has 0 spiro atoms. The van der Waals surface area contributed by atoms with E-state index in [-0.39, 0.29) is 0 Å². The van der Waals surface area contributed by atoms with Gasteiger partial charge in [0.1, 0.15) is 8.07 Å². The maximum Gasteiger partial charge on any atom is 0.166 e. The summed E-state index contributed by atoms with van der Waals surface area (Å²) in [7, 11) is -1.93. The standard InChI is InChI=1S/C53H36N4SSi/c1-59(2)46-27-14-11-21-38(46)39-29-28-35(32-47(39)59)52-54-51(34-18-7-4-8-19-34)55-53(56-52)43-22-10-13-26-45(43)57-44-25-12-9-20-37(44)40-30-31-42-41-24-15-23-36(33-16-5-3-6-17-33)49(41)58-50(42)48(40)57/h3-32H,1-2H3. The second kappa shape index (κ2) is 13.0. The lowest BCUT2D eigenvalue weighted by Gasteiger charge is -2.19. The van der Waals surface area contributed by atoms with Crippen LogP contribution in [0.1, 0.15) is 0 Å². The molecular formula is C53H36N4SSi. The molecule has 0 fully saturated rings. The molecule has 0 unspecified atom stereocenters. The number of nitrogens with zero attached hydrogens (tertiary/aromatic N) is 4. The van der Waals surface area contributed by atoms with E-state index in [1.165, 1.54) is 69.1 Å². The summed E-state index contributed by atoms with van der Waals surface area (Å²) in [4.78, 5) is 15.9. The van der Waals surface area contributed by atoms with Crippen molar-refractivity contribution in [3.63, 3.8) is 0 Å². The molecule has 0 atom stereocenters. The third kappa shape index (κ3) is 5.16. The quantitative estimate of drug-likeness (QED) is 0.163. The Morgan fingerprint density at radius 1 is 0.407 bits per heavy atom. The van der Waals surface area contributed by atoms with E-state index in [2.05, 4.69) is 181 Å². The predicted octanol–water partition coefficient (Wildman–Crippen LogP) is 12.8. The van der Waals surface area contributed by atoms with Gasteiger partial charge in [0.2, 0.25) is 0 Å². The van der Waals surface area contributed by atoms with E-state index in [4.69, 9.17) is 15.0 Å². The van der Waals surface area contributed by atoms with Crippen LogP contribution in [0.25, 0.3) is 104 Å². The molecule has 0 saturated heterocycles. The van der Waals surface area contributed by atoms with Gasteiger partial charge in [0.25, 0.3) is 0 Å². The van der Waals surface area contributed by atoms with Crippen molar-refractivity contribution < 1.29 is 0 Å². The van der Waals surface area contributed by atoms with Crippen molar-refractivity contribution in [2.24, 2.45) is 0 Å². The third-order valence-electron chi connectivity index (χ3n) is 12.3. The van der Waals surface area contributed by atoms with E-state index in [0.717, 1.165) is 27.9 Å². The highest BCUT2D eigenvalue weighted by Gasteiger charge is 2.37. The molecule has 8 aromatic carbocycles. The number of rotatable bonds is 5. The number of aromatic nitrogens is 4. The summed E-state index contributed by atoms with van der Waals surface area (Å²) in [5.41, 5.74) is 11.5. The highest BCUT2D eigenvalue weighted by atomic mass is 32.1. The summed E-state index contributed by atoms with van der Waals surface area (Å²) in [5.74, 6) is 1.98. The highest BCUT2D eigenvalue weighted by molar-refractivity contribution is 7.27. The first-order valence-corrected chi connectivity index (χ1v) is 23.9. The Balaban J connectivity index is 1.11. The monoisotopic (exact) mass is 788 g/mol. The first kappa shape index (κ1) is 34.1. The summed E-state index contributed by atoms with van der Waals surface area (Å²) in [5, 5.41) is 7.88. The molecular weight excluding hydrogens is 753 g/mol. The molecule has 0 amide bonds. The molecule has 6 heteroatoms. The molecule has 278 valence electrons. The predicted molar refractivity (Wildman–Crippen MR) is 251 cm³/mol. The van der Waals surface area contributed by atoms with Crippen molar-refractivity contribution in [3.8, 4) is 62.1 Å². The fourth-order valence-corrected chi connectivity index (χ4v) is 13.9. The van der Waals surface area contributed by atoms with Gasteiger partial charge in [0, 0.05) is 42.9 Å². The lowest BCUT2D eigenvalue weighted by Crippen LogP contribution is -2.49. The number of hydrogen-bond donors (Lipinski definition) is 0. The van der Waals surface area contributed by atoms with Gasteiger partial charge in [0.05, 0.1) is 21.4 Å². The molecule has 0 radical (unpaired) electrons. The summed E-state index contributed by atoms with van der Waals surface area (Å²) < 4.78 is 5.01. The van der Waals surface area contributed by atoms with E-state index >= 15 is 0 Å². The van der Waals surface area contributed by atoms with E-state index in [0.29, 0.717) is 17.5 Å². The Kier molecular flexibility index (Phi) is 7.52. The molecule has 0 aliphatic carbocycles. The van der Waals surface area contributed by atoms with Gasteiger partial charge in [-0.25, -0.2) is 15.0 Å². The van der Waals surface area contributed by atoms with Crippen molar-refractivity contribution in [1.82, 2.24) is 19.5 Å². The van der Waals surface area contributed by atoms with Gasteiger partial charge in [-0.1, -0.05) is 177 Å². The van der Waals surface area contributed by atoms with Crippen LogP contribution in [-0.4, -0.2) is 27.6 Å². The van der Waals surface area contributed by atoms with Gasteiger partial charge < -0.3 is 4.57 Å². The lowest BCUT2D eigenvalue weighted by atomic mass is 10.0. The molecule has 59 heavy (non-hydrogen) atoms. The van der Waals surface area contributed by atoms with Crippen molar-refractivity contribution in [1.29, 1.82) is 0 Å². The van der Waals surface area contributed by atoms with Crippen molar-refractivity contribution >= 4 is 71.8 Å². The van der Waals surface area contributed by atoms with Crippen molar-refractivity contribution in [2.45, 2.75) is 13.1 Å². The number of thiophene rings is 1. The molecule has 4 nitrogen and oxygen atoms in total. The molecule has 1 aliphatic rings. The first-order valence-electron chi connectivity index (χ1n) is 20.1. The summed E-state index contributed by atoms with van der Waals surface area (Å²) in [6, 6.07) is 65.5. The Bertz CT molecular complexity index is 3480. The molecule has 0 bridgehead atoms. The summed E-state index contributed by atoms with van der Waals surface area (Å²) >= 11 is 1.88. The Labute approximate surface area is 346 Å². The van der Waals surface area contributed by atoms with Crippen LogP contribution in [0.15, 0.2) is 182 Å². The van der Waals surface area contributed by atoms with Crippen LogP contribution in [0.3, 0.4) is 0 Å². The zero-order chi connectivity index (χ0) is 39.2. The maximum absolute atomic E-state index is 5.38. The molecule has 0 N–H and O–H groups in total. The second-order valence-electron chi connectivity index (χ2n) is 16.0. The van der Waals surface area contributed by atoms with Crippen LogP contribution < -0.4 is 10.4 Å². The fraction of sp³-hybridized carbons (Fsp3) is 0.0377. The lowest BCUT2D eigenvalue weighted by molar-refractivity contribution is 1.07. The molecule has 3 aromatic heterocycles. The van der Waals surface area contributed by atoms with Crippen LogP contribution in [0.5, 0.6) is 0 Å². The van der Waals surface area contributed by atoms with Gasteiger partial charge in [0.15, 0.2) is 17.5 Å². The molecule has 4 heterocycles. The van der Waals surface area contributed by atoms with Crippen LogP contribution in [0, 0.1) is 0 Å². The highest BCUT2D eigenvalue weighted by Crippen LogP contribution is 2.46. The number of benzene rings is 8. The SMILES string of the molecule is C[Si]1(C)c2ccccc2-c2ccc(-c3nc(-c4ccccc4)nc(-c4ccccc4-n4c5ccccc5c5ccc6c7cccc(-c8ccccc8)c7sc6c54)n3)cc21. The largest absolute Gasteiger partial charge is 0.307 e. The molecule has 11 aromatic rings. The molecule has 1 aliphatic heterocycles. The molecule has 12 rings (SSSR count). The number of fused-ring (bicyclic) bond motifs is 10. The normalized spacial score (nSPS) is 13.1. The maximum atomic E-state index is 5.38.